The van der Waals surface area contributed by atoms with Crippen LogP contribution in [0.15, 0.2) is 24.3 Å². The first-order valence-electron chi connectivity index (χ1n) is 14.3. The Bertz CT molecular complexity index is 927. The fourth-order valence-electron chi connectivity index (χ4n) is 4.95. The standard InChI is InChI=1S/C31H51N3O4/c1-10-31(8,9)34(28(36)25(20-21(2)3)33-29(37)38-30(5,6)7)26(23-18-16-22(4)17-19-23)27(35)32-24-14-12-11-13-15-24/h16-19,21,24-26H,10-15,20H2,1-9H3,(H,32,35)(H,33,37). The molecule has 3 amide bonds. The lowest BCUT2D eigenvalue weighted by Crippen LogP contribution is -2.60. The first-order valence-corrected chi connectivity index (χ1v) is 14.3. The Kier molecular flexibility index (Phi) is 11.2. The molecule has 1 aromatic carbocycles. The highest BCUT2D eigenvalue weighted by Crippen LogP contribution is 2.33. The van der Waals surface area contributed by atoms with E-state index >= 15 is 0 Å². The van der Waals surface area contributed by atoms with Crippen LogP contribution in [0.5, 0.6) is 0 Å². The fourth-order valence-corrected chi connectivity index (χ4v) is 4.95. The molecule has 1 aliphatic carbocycles. The Morgan fingerprint density at radius 2 is 1.58 bits per heavy atom. The molecular formula is C31H51N3O4. The van der Waals surface area contributed by atoms with E-state index < -0.39 is 29.3 Å². The van der Waals surface area contributed by atoms with Crippen molar-refractivity contribution in [2.75, 3.05) is 0 Å². The zero-order valence-corrected chi connectivity index (χ0v) is 25.1. The highest BCUT2D eigenvalue weighted by molar-refractivity contribution is 5.92. The number of amides is 3. The van der Waals surface area contributed by atoms with Crippen LogP contribution in [0, 0.1) is 12.8 Å². The quantitative estimate of drug-likeness (QED) is 0.365. The summed E-state index contributed by atoms with van der Waals surface area (Å²) in [5.74, 6) is -0.309. The van der Waals surface area contributed by atoms with Gasteiger partial charge in [-0.15, -0.1) is 0 Å². The van der Waals surface area contributed by atoms with E-state index in [2.05, 4.69) is 10.6 Å². The first-order chi connectivity index (χ1) is 17.6. The SMILES string of the molecule is CCC(C)(C)N(C(=O)C(CC(C)C)NC(=O)OC(C)(C)C)C(C(=O)NC1CCCCC1)c1ccc(C)cc1. The molecule has 214 valence electrons. The highest BCUT2D eigenvalue weighted by atomic mass is 16.6. The lowest BCUT2D eigenvalue weighted by atomic mass is 9.90. The summed E-state index contributed by atoms with van der Waals surface area (Å²) in [5, 5.41) is 6.10. The van der Waals surface area contributed by atoms with Crippen molar-refractivity contribution in [2.24, 2.45) is 5.92 Å². The molecule has 0 spiro atoms. The van der Waals surface area contributed by atoms with Crippen LogP contribution in [0.25, 0.3) is 0 Å². The van der Waals surface area contributed by atoms with E-state index in [9.17, 15) is 14.4 Å². The van der Waals surface area contributed by atoms with Gasteiger partial charge in [0.1, 0.15) is 17.7 Å². The minimum Gasteiger partial charge on any atom is -0.444 e. The van der Waals surface area contributed by atoms with Crippen molar-refractivity contribution in [2.45, 2.75) is 137 Å². The molecule has 1 aliphatic rings. The van der Waals surface area contributed by atoms with Crippen LogP contribution in [0.1, 0.15) is 118 Å². The van der Waals surface area contributed by atoms with Crippen LogP contribution in [-0.2, 0) is 14.3 Å². The molecular weight excluding hydrogens is 478 g/mol. The van der Waals surface area contributed by atoms with Gasteiger partial charge in [0.15, 0.2) is 0 Å². The van der Waals surface area contributed by atoms with E-state index in [0.29, 0.717) is 12.8 Å². The molecule has 0 bridgehead atoms. The molecule has 2 N–H and O–H groups in total. The van der Waals surface area contributed by atoms with Crippen molar-refractivity contribution in [1.82, 2.24) is 15.5 Å². The summed E-state index contributed by atoms with van der Waals surface area (Å²) in [6.07, 6.45) is 5.72. The predicted molar refractivity (Wildman–Crippen MR) is 153 cm³/mol. The largest absolute Gasteiger partial charge is 0.444 e. The summed E-state index contributed by atoms with van der Waals surface area (Å²) < 4.78 is 5.50. The number of alkyl carbamates (subject to hydrolysis) is 1. The molecule has 0 radical (unpaired) electrons. The number of hydrogen-bond donors (Lipinski definition) is 2. The van der Waals surface area contributed by atoms with Crippen molar-refractivity contribution in [3.63, 3.8) is 0 Å². The number of aryl methyl sites for hydroxylation is 1. The van der Waals surface area contributed by atoms with Crippen molar-refractivity contribution in [3.8, 4) is 0 Å². The second kappa shape index (κ2) is 13.5. The van der Waals surface area contributed by atoms with Gasteiger partial charge >= 0.3 is 6.09 Å². The second-order valence-corrected chi connectivity index (χ2v) is 12.9. The number of rotatable bonds is 10. The second-order valence-electron chi connectivity index (χ2n) is 12.9. The average molecular weight is 530 g/mol. The number of nitrogens with zero attached hydrogens (tertiary/aromatic N) is 1. The van der Waals surface area contributed by atoms with E-state index in [1.165, 1.54) is 6.42 Å². The van der Waals surface area contributed by atoms with Gasteiger partial charge in [0.25, 0.3) is 0 Å². The smallest absolute Gasteiger partial charge is 0.408 e. The molecule has 7 heteroatoms. The van der Waals surface area contributed by atoms with Crippen molar-refractivity contribution in [3.05, 3.63) is 35.4 Å². The highest BCUT2D eigenvalue weighted by Gasteiger charge is 2.43. The monoisotopic (exact) mass is 529 g/mol. The third-order valence-electron chi connectivity index (χ3n) is 7.30. The van der Waals surface area contributed by atoms with Gasteiger partial charge < -0.3 is 20.3 Å². The molecule has 0 aliphatic heterocycles. The van der Waals surface area contributed by atoms with Crippen LogP contribution in [0.3, 0.4) is 0 Å². The molecule has 0 saturated heterocycles. The van der Waals surface area contributed by atoms with Crippen LogP contribution in [0.4, 0.5) is 4.79 Å². The molecule has 1 aromatic rings. The molecule has 0 aromatic heterocycles. The average Bonchev–Trinajstić information content (AvgIpc) is 2.81. The predicted octanol–water partition coefficient (Wildman–Crippen LogP) is 6.44. The lowest BCUT2D eigenvalue weighted by Gasteiger charge is -2.45. The Morgan fingerprint density at radius 1 is 1.00 bits per heavy atom. The van der Waals surface area contributed by atoms with E-state index in [1.54, 1.807) is 25.7 Å². The molecule has 0 heterocycles. The fraction of sp³-hybridized carbons (Fsp3) is 0.710. The Labute approximate surface area is 230 Å². The van der Waals surface area contributed by atoms with Gasteiger partial charge in [0.2, 0.25) is 11.8 Å². The van der Waals surface area contributed by atoms with Gasteiger partial charge in [-0.3, -0.25) is 9.59 Å². The van der Waals surface area contributed by atoms with E-state index in [4.69, 9.17) is 4.74 Å². The van der Waals surface area contributed by atoms with Crippen LogP contribution in [0.2, 0.25) is 0 Å². The van der Waals surface area contributed by atoms with Gasteiger partial charge in [0, 0.05) is 11.6 Å². The minimum absolute atomic E-state index is 0.109. The summed E-state index contributed by atoms with van der Waals surface area (Å²) in [6.45, 7) is 17.4. The maximum Gasteiger partial charge on any atom is 0.408 e. The molecule has 2 atom stereocenters. The number of nitrogens with one attached hydrogen (secondary N) is 2. The van der Waals surface area contributed by atoms with Gasteiger partial charge in [-0.1, -0.05) is 69.9 Å². The van der Waals surface area contributed by atoms with Crippen LogP contribution >= 0.6 is 0 Å². The van der Waals surface area contributed by atoms with Crippen molar-refractivity contribution in [1.29, 1.82) is 0 Å². The third-order valence-corrected chi connectivity index (χ3v) is 7.30. The zero-order valence-electron chi connectivity index (χ0n) is 25.1. The summed E-state index contributed by atoms with van der Waals surface area (Å²) in [5.41, 5.74) is 0.500. The molecule has 1 fully saturated rings. The van der Waals surface area contributed by atoms with Gasteiger partial charge in [-0.25, -0.2) is 4.79 Å². The van der Waals surface area contributed by atoms with Crippen LogP contribution < -0.4 is 10.6 Å². The van der Waals surface area contributed by atoms with Crippen molar-refractivity contribution < 1.29 is 19.1 Å². The third kappa shape index (κ3) is 9.32. The van der Waals surface area contributed by atoms with Gasteiger partial charge in [0.05, 0.1) is 0 Å². The number of hydrogen-bond acceptors (Lipinski definition) is 4. The summed E-state index contributed by atoms with van der Waals surface area (Å²) >= 11 is 0. The van der Waals surface area contributed by atoms with E-state index in [0.717, 1.165) is 36.8 Å². The van der Waals surface area contributed by atoms with E-state index in [-0.39, 0.29) is 23.8 Å². The Morgan fingerprint density at radius 3 is 2.08 bits per heavy atom. The maximum atomic E-state index is 14.4. The maximum absolute atomic E-state index is 14.4. The molecule has 7 nitrogen and oxygen atoms in total. The lowest BCUT2D eigenvalue weighted by molar-refractivity contribution is -0.150. The number of benzene rings is 1. The molecule has 2 unspecified atom stereocenters. The molecule has 38 heavy (non-hydrogen) atoms. The zero-order chi connectivity index (χ0) is 28.7. The number of ether oxygens (including phenoxy) is 1. The normalized spacial score (nSPS) is 16.5. The van der Waals surface area contributed by atoms with Crippen molar-refractivity contribution >= 4 is 17.9 Å². The summed E-state index contributed by atoms with van der Waals surface area (Å²) in [6, 6.07) is 6.28. The van der Waals surface area contributed by atoms with Gasteiger partial charge in [-0.05, 0) is 78.7 Å². The van der Waals surface area contributed by atoms with E-state index in [1.807, 2.05) is 65.8 Å². The first kappa shape index (κ1) is 31.6. The van der Waals surface area contributed by atoms with Crippen LogP contribution in [-0.4, -0.2) is 46.0 Å². The summed E-state index contributed by atoms with van der Waals surface area (Å²) in [4.78, 5) is 43.0. The van der Waals surface area contributed by atoms with Gasteiger partial charge in [-0.2, -0.15) is 0 Å². The Hall–Kier alpha value is -2.57. The molecule has 1 saturated carbocycles. The number of carbonyl (C=O) groups is 3. The summed E-state index contributed by atoms with van der Waals surface area (Å²) in [7, 11) is 0. The number of carbonyl (C=O) groups excluding carboxylic acids is 3. The topological polar surface area (TPSA) is 87.7 Å². The molecule has 2 rings (SSSR count). The Balaban J connectivity index is 2.55. The minimum atomic E-state index is -0.828.